The first-order chi connectivity index (χ1) is 43.7. The molecule has 3 heteroatoms. The summed E-state index contributed by atoms with van der Waals surface area (Å²) in [6.07, 6.45) is 0. The number of hydrogen-bond donors (Lipinski definition) is 0. The molecule has 0 bridgehead atoms. The van der Waals surface area contributed by atoms with Crippen LogP contribution in [0.25, 0.3) is 94.3 Å². The lowest BCUT2D eigenvalue weighted by molar-refractivity contribution is 0.794. The van der Waals surface area contributed by atoms with Crippen molar-refractivity contribution in [2.24, 2.45) is 0 Å². The third-order valence-electron chi connectivity index (χ3n) is 18.4. The van der Waals surface area contributed by atoms with Crippen molar-refractivity contribution >= 4 is 55.9 Å². The van der Waals surface area contributed by atoms with Gasteiger partial charge in [-0.1, -0.05) is 237 Å². The summed E-state index contributed by atoms with van der Waals surface area (Å²) in [5.74, 6) is 0. The van der Waals surface area contributed by atoms with Crippen LogP contribution in [0.4, 0.5) is 34.1 Å². The first-order valence-corrected chi connectivity index (χ1v) is 30.4. The molecule has 0 N–H and O–H groups in total. The van der Waals surface area contributed by atoms with E-state index in [-0.39, 0.29) is 0 Å². The van der Waals surface area contributed by atoms with Crippen molar-refractivity contribution in [3.63, 3.8) is 0 Å². The van der Waals surface area contributed by atoms with Gasteiger partial charge in [0, 0.05) is 50.6 Å². The second-order valence-electron chi connectivity index (χ2n) is 23.1. The zero-order valence-corrected chi connectivity index (χ0v) is 48.3. The lowest BCUT2D eigenvalue weighted by atomic mass is 9.70. The Morgan fingerprint density at radius 2 is 0.580 bits per heavy atom. The van der Waals surface area contributed by atoms with Gasteiger partial charge in [0.25, 0.3) is 0 Å². The zero-order chi connectivity index (χ0) is 58.1. The Labute approximate surface area is 513 Å². The van der Waals surface area contributed by atoms with Crippen molar-refractivity contribution in [3.05, 3.63) is 368 Å². The summed E-state index contributed by atoms with van der Waals surface area (Å²) in [5.41, 5.74) is 29.2. The van der Waals surface area contributed by atoms with Crippen molar-refractivity contribution < 1.29 is 0 Å². The van der Waals surface area contributed by atoms with Crippen LogP contribution in [0.15, 0.2) is 346 Å². The maximum atomic E-state index is 2.51. The van der Waals surface area contributed by atoms with E-state index in [1.807, 2.05) is 0 Å². The summed E-state index contributed by atoms with van der Waals surface area (Å²) in [7, 11) is 0. The van der Waals surface area contributed by atoms with Crippen molar-refractivity contribution in [2.75, 3.05) is 9.80 Å². The minimum atomic E-state index is -0.659. The third kappa shape index (κ3) is 8.12. The van der Waals surface area contributed by atoms with E-state index in [9.17, 15) is 0 Å². The predicted octanol–water partition coefficient (Wildman–Crippen LogP) is 22.7. The topological polar surface area (TPSA) is 11.4 Å². The van der Waals surface area contributed by atoms with E-state index in [0.717, 1.165) is 45.4 Å². The van der Waals surface area contributed by atoms with Crippen LogP contribution < -0.4 is 9.80 Å². The molecule has 1 aromatic heterocycles. The molecule has 0 aliphatic heterocycles. The lowest BCUT2D eigenvalue weighted by Crippen LogP contribution is -2.25. The van der Waals surface area contributed by atoms with Crippen molar-refractivity contribution in [2.45, 2.75) is 5.41 Å². The fourth-order valence-electron chi connectivity index (χ4n) is 14.6. The molecule has 0 amide bonds. The van der Waals surface area contributed by atoms with E-state index in [1.165, 1.54) is 105 Å². The van der Waals surface area contributed by atoms with Crippen LogP contribution >= 0.6 is 0 Å². The number of anilines is 6. The van der Waals surface area contributed by atoms with Crippen molar-refractivity contribution in [1.82, 2.24) is 4.57 Å². The molecule has 1 heterocycles. The lowest BCUT2D eigenvalue weighted by Gasteiger charge is -2.31. The number of fused-ring (bicyclic) bond motifs is 13. The highest BCUT2D eigenvalue weighted by Crippen LogP contribution is 2.66. The fourth-order valence-corrected chi connectivity index (χ4v) is 14.6. The first kappa shape index (κ1) is 50.9. The van der Waals surface area contributed by atoms with E-state index in [2.05, 4.69) is 360 Å². The van der Waals surface area contributed by atoms with E-state index >= 15 is 0 Å². The summed E-state index contributed by atoms with van der Waals surface area (Å²) in [5, 5.41) is 2.48. The Balaban J connectivity index is 0.889. The molecule has 0 radical (unpaired) electrons. The average Bonchev–Trinajstić information content (AvgIpc) is 1.51. The molecular formula is C85H57N3. The van der Waals surface area contributed by atoms with Gasteiger partial charge < -0.3 is 14.4 Å². The molecule has 14 aromatic carbocycles. The number of aromatic nitrogens is 1. The van der Waals surface area contributed by atoms with Crippen LogP contribution in [0.2, 0.25) is 0 Å². The molecule has 1 unspecified atom stereocenters. The van der Waals surface area contributed by atoms with E-state index < -0.39 is 5.41 Å². The van der Waals surface area contributed by atoms with Gasteiger partial charge in [-0.15, -0.1) is 0 Å². The maximum absolute atomic E-state index is 2.51. The fraction of sp³-hybridized carbons (Fsp3) is 0.0118. The minimum absolute atomic E-state index is 0.659. The molecule has 2 aliphatic carbocycles. The van der Waals surface area contributed by atoms with Crippen molar-refractivity contribution in [3.8, 4) is 72.4 Å². The van der Waals surface area contributed by atoms with Crippen LogP contribution in [0.3, 0.4) is 0 Å². The average molecular weight is 1120 g/mol. The molecule has 3 nitrogen and oxygen atoms in total. The standard InChI is InChI=1S/C85H57N3/c1-7-23-58(24-8-1)61-46-53-77-75(55-61)83-71(59-41-48-69(49-42-59)86(64-25-9-2-10-26-64)65-27-11-3-12-28-65)36-21-38-79(83)85(77)78-54-47-62(63-45-52-74-73-35-19-20-40-81(73)88(82(74)57-63)68-33-17-6-18-34-68)56-76(78)84-72(37-22-39-80(84)85)60-43-50-70(51-44-60)87(66-29-13-4-14-30-66)67-31-15-5-16-32-67/h1-57H. The van der Waals surface area contributed by atoms with Gasteiger partial charge >= 0.3 is 0 Å². The number of hydrogen-bond acceptors (Lipinski definition) is 2. The molecule has 15 aromatic rings. The molecule has 1 spiro atoms. The monoisotopic (exact) mass is 1120 g/mol. The van der Waals surface area contributed by atoms with Crippen LogP contribution in [-0.2, 0) is 5.41 Å². The number of benzene rings is 14. The highest BCUT2D eigenvalue weighted by molar-refractivity contribution is 6.11. The molecular weight excluding hydrogens is 1060 g/mol. The Morgan fingerprint density at radius 3 is 1.06 bits per heavy atom. The normalized spacial score (nSPS) is 13.5. The first-order valence-electron chi connectivity index (χ1n) is 30.4. The summed E-state index contributed by atoms with van der Waals surface area (Å²) < 4.78 is 2.42. The smallest absolute Gasteiger partial charge is 0.0726 e. The maximum Gasteiger partial charge on any atom is 0.0726 e. The summed E-state index contributed by atoms with van der Waals surface area (Å²) in [6.45, 7) is 0. The zero-order valence-electron chi connectivity index (χ0n) is 48.3. The Bertz CT molecular complexity index is 5020. The number of para-hydroxylation sites is 6. The van der Waals surface area contributed by atoms with Gasteiger partial charge in [-0.2, -0.15) is 0 Å². The van der Waals surface area contributed by atoms with Crippen LogP contribution in [0.5, 0.6) is 0 Å². The number of nitrogens with zero attached hydrogens (tertiary/aromatic N) is 3. The van der Waals surface area contributed by atoms with Gasteiger partial charge in [-0.3, -0.25) is 0 Å². The van der Waals surface area contributed by atoms with Gasteiger partial charge in [0.1, 0.15) is 0 Å². The number of rotatable bonds is 11. The molecule has 0 saturated carbocycles. The van der Waals surface area contributed by atoms with Crippen LogP contribution in [-0.4, -0.2) is 4.57 Å². The second-order valence-corrected chi connectivity index (χ2v) is 23.1. The largest absolute Gasteiger partial charge is 0.311 e. The summed E-state index contributed by atoms with van der Waals surface area (Å²) in [4.78, 5) is 4.68. The molecule has 17 rings (SSSR count). The van der Waals surface area contributed by atoms with E-state index in [1.54, 1.807) is 0 Å². The second kappa shape index (κ2) is 20.9. The van der Waals surface area contributed by atoms with Gasteiger partial charge in [-0.05, 0) is 198 Å². The van der Waals surface area contributed by atoms with Gasteiger partial charge in [-0.25, -0.2) is 0 Å². The molecule has 0 saturated heterocycles. The minimum Gasteiger partial charge on any atom is -0.311 e. The summed E-state index contributed by atoms with van der Waals surface area (Å²) in [6, 6.07) is 127. The Kier molecular flexibility index (Phi) is 12.1. The van der Waals surface area contributed by atoms with E-state index in [4.69, 9.17) is 0 Å². The van der Waals surface area contributed by atoms with Gasteiger partial charge in [0.15, 0.2) is 0 Å². The Morgan fingerprint density at radius 1 is 0.216 bits per heavy atom. The highest BCUT2D eigenvalue weighted by Gasteiger charge is 2.53. The highest BCUT2D eigenvalue weighted by atomic mass is 15.1. The summed E-state index contributed by atoms with van der Waals surface area (Å²) >= 11 is 0. The van der Waals surface area contributed by atoms with Crippen molar-refractivity contribution in [1.29, 1.82) is 0 Å². The molecule has 0 fully saturated rings. The third-order valence-corrected chi connectivity index (χ3v) is 18.4. The SMILES string of the molecule is c1ccc(-c2ccc3c(c2)-c2c(-c4ccc(N(c5ccccc5)c5ccccc5)cc4)cccc2C32c3ccc(-c4ccc5c6ccccc6n(-c6ccccc6)c5c4)cc3-c3c(-c4ccc(N(c5ccccc5)c5ccccc5)cc4)cccc32)cc1. The van der Waals surface area contributed by atoms with Gasteiger partial charge in [0.2, 0.25) is 0 Å². The Hall–Kier alpha value is -11.5. The molecule has 1 atom stereocenters. The predicted molar refractivity (Wildman–Crippen MR) is 368 cm³/mol. The van der Waals surface area contributed by atoms with Crippen LogP contribution in [0, 0.1) is 0 Å². The van der Waals surface area contributed by atoms with Crippen LogP contribution in [0.1, 0.15) is 22.3 Å². The van der Waals surface area contributed by atoms with Gasteiger partial charge in [0.05, 0.1) is 16.4 Å². The molecule has 2 aliphatic rings. The quantitative estimate of drug-likeness (QED) is 0.128. The molecule has 412 valence electrons. The van der Waals surface area contributed by atoms with E-state index in [0.29, 0.717) is 0 Å². The molecule has 88 heavy (non-hydrogen) atoms.